The highest BCUT2D eigenvalue weighted by Crippen LogP contribution is 2.16. The molecule has 0 amide bonds. The number of aryl methyl sites for hydroxylation is 1. The topological polar surface area (TPSA) is 12.5 Å². The number of unbranched alkanes of at least 4 members (excludes halogenated alkanes) is 1. The van der Waals surface area contributed by atoms with Gasteiger partial charge in [0, 0.05) is 6.04 Å². The van der Waals surface area contributed by atoms with E-state index in [-0.39, 0.29) is 0 Å². The average molecular weight is 263 g/mol. The van der Waals surface area contributed by atoms with Crippen LogP contribution in [0.25, 0.3) is 0 Å². The predicted octanol–water partition coefficient (Wildman–Crippen LogP) is 4.14. The molecule has 19 heavy (non-hydrogen) atoms. The number of ether oxygens (including phenoxy) is 1. The van der Waals surface area contributed by atoms with Crippen LogP contribution in [0.3, 0.4) is 0 Å². The van der Waals surface area contributed by atoms with Gasteiger partial charge < -0.3 is 9.64 Å². The van der Waals surface area contributed by atoms with E-state index in [1.807, 2.05) is 0 Å². The molecule has 0 bridgehead atoms. The Hall–Kier alpha value is -1.02. The molecule has 1 aromatic carbocycles. The Labute approximate surface area is 118 Å². The number of rotatable bonds is 9. The number of benzene rings is 1. The molecule has 108 valence electrons. The molecule has 0 heterocycles. The van der Waals surface area contributed by atoms with Crippen molar-refractivity contribution in [3.63, 3.8) is 0 Å². The van der Waals surface area contributed by atoms with E-state index in [1.165, 1.54) is 24.8 Å². The van der Waals surface area contributed by atoms with E-state index >= 15 is 0 Å². The summed E-state index contributed by atoms with van der Waals surface area (Å²) in [5, 5.41) is 0. The summed E-state index contributed by atoms with van der Waals surface area (Å²) in [7, 11) is 4.33. The molecule has 0 saturated carbocycles. The van der Waals surface area contributed by atoms with Crippen molar-refractivity contribution in [2.24, 2.45) is 0 Å². The van der Waals surface area contributed by atoms with Gasteiger partial charge in [-0.2, -0.15) is 0 Å². The number of nitrogens with zero attached hydrogens (tertiary/aromatic N) is 1. The van der Waals surface area contributed by atoms with Gasteiger partial charge in [-0.3, -0.25) is 0 Å². The molecule has 0 N–H and O–H groups in total. The summed E-state index contributed by atoms with van der Waals surface area (Å²) in [5.74, 6) is 0.997. The molecule has 0 radical (unpaired) electrons. The molecule has 0 aliphatic carbocycles. The summed E-state index contributed by atoms with van der Waals surface area (Å²) in [6.07, 6.45) is 5.89. The Morgan fingerprint density at radius 2 is 1.79 bits per heavy atom. The third-order valence-electron chi connectivity index (χ3n) is 3.66. The lowest BCUT2D eigenvalue weighted by Gasteiger charge is -2.22. The second-order valence-corrected chi connectivity index (χ2v) is 5.41. The molecular weight excluding hydrogens is 234 g/mol. The molecule has 0 aliphatic heterocycles. The van der Waals surface area contributed by atoms with Crippen molar-refractivity contribution in [1.29, 1.82) is 0 Å². The summed E-state index contributed by atoms with van der Waals surface area (Å²) in [4.78, 5) is 2.32. The van der Waals surface area contributed by atoms with Crippen LogP contribution in [0.4, 0.5) is 0 Å². The van der Waals surface area contributed by atoms with Gasteiger partial charge >= 0.3 is 0 Å². The van der Waals surface area contributed by atoms with Crippen LogP contribution < -0.4 is 4.74 Å². The minimum Gasteiger partial charge on any atom is -0.494 e. The van der Waals surface area contributed by atoms with Gasteiger partial charge in [0.15, 0.2) is 0 Å². The Morgan fingerprint density at radius 3 is 2.32 bits per heavy atom. The van der Waals surface area contributed by atoms with Crippen LogP contribution >= 0.6 is 0 Å². The van der Waals surface area contributed by atoms with Gasteiger partial charge in [-0.05, 0) is 57.5 Å². The Kier molecular flexibility index (Phi) is 7.57. The van der Waals surface area contributed by atoms with Crippen LogP contribution in [0, 0.1) is 0 Å². The van der Waals surface area contributed by atoms with Crippen molar-refractivity contribution in [1.82, 2.24) is 4.90 Å². The summed E-state index contributed by atoms with van der Waals surface area (Å²) in [5.41, 5.74) is 1.41. The first kappa shape index (κ1) is 16.0. The standard InChI is InChI=1S/C17H29NO/c1-5-7-14-19-17-12-9-15(10-13-17)8-11-16(6-2)18(3)4/h9-10,12-13,16H,5-8,11,14H2,1-4H3. The van der Waals surface area contributed by atoms with Crippen LogP contribution in [-0.4, -0.2) is 31.6 Å². The maximum atomic E-state index is 5.68. The van der Waals surface area contributed by atoms with E-state index in [2.05, 4.69) is 57.1 Å². The van der Waals surface area contributed by atoms with Crippen LogP contribution in [0.2, 0.25) is 0 Å². The van der Waals surface area contributed by atoms with Crippen molar-refractivity contribution >= 4 is 0 Å². The van der Waals surface area contributed by atoms with Crippen molar-refractivity contribution < 1.29 is 4.74 Å². The second kappa shape index (κ2) is 8.98. The largest absolute Gasteiger partial charge is 0.494 e. The summed E-state index contributed by atoms with van der Waals surface area (Å²) >= 11 is 0. The summed E-state index contributed by atoms with van der Waals surface area (Å²) in [6, 6.07) is 9.27. The molecule has 0 spiro atoms. The summed E-state index contributed by atoms with van der Waals surface area (Å²) < 4.78 is 5.68. The lowest BCUT2D eigenvalue weighted by molar-refractivity contribution is 0.271. The van der Waals surface area contributed by atoms with Crippen molar-refractivity contribution in [3.8, 4) is 5.75 Å². The molecule has 1 aromatic rings. The molecule has 0 aliphatic rings. The van der Waals surface area contributed by atoms with Gasteiger partial charge in [-0.25, -0.2) is 0 Å². The summed E-state index contributed by atoms with van der Waals surface area (Å²) in [6.45, 7) is 5.27. The van der Waals surface area contributed by atoms with Gasteiger partial charge in [-0.15, -0.1) is 0 Å². The van der Waals surface area contributed by atoms with E-state index in [1.54, 1.807) is 0 Å². The molecular formula is C17H29NO. The van der Waals surface area contributed by atoms with Crippen LogP contribution in [0.1, 0.15) is 45.1 Å². The van der Waals surface area contributed by atoms with E-state index in [0.717, 1.165) is 25.2 Å². The minimum absolute atomic E-state index is 0.681. The van der Waals surface area contributed by atoms with Crippen LogP contribution in [0.5, 0.6) is 5.75 Å². The zero-order valence-electron chi connectivity index (χ0n) is 13.0. The number of hydrogen-bond donors (Lipinski definition) is 0. The zero-order valence-corrected chi connectivity index (χ0v) is 13.0. The molecule has 2 nitrogen and oxygen atoms in total. The first-order chi connectivity index (χ1) is 9.17. The lowest BCUT2D eigenvalue weighted by atomic mass is 10.0. The average Bonchev–Trinajstić information content (AvgIpc) is 2.41. The van der Waals surface area contributed by atoms with Crippen molar-refractivity contribution in [2.75, 3.05) is 20.7 Å². The van der Waals surface area contributed by atoms with Gasteiger partial charge in [0.1, 0.15) is 5.75 Å². The molecule has 1 atom stereocenters. The van der Waals surface area contributed by atoms with Gasteiger partial charge in [0.05, 0.1) is 6.61 Å². The Bertz CT molecular complexity index is 332. The van der Waals surface area contributed by atoms with Crippen LogP contribution in [-0.2, 0) is 6.42 Å². The highest BCUT2D eigenvalue weighted by atomic mass is 16.5. The van der Waals surface area contributed by atoms with Gasteiger partial charge in [-0.1, -0.05) is 32.4 Å². The lowest BCUT2D eigenvalue weighted by Crippen LogP contribution is -2.27. The van der Waals surface area contributed by atoms with Crippen LogP contribution in [0.15, 0.2) is 24.3 Å². The van der Waals surface area contributed by atoms with Gasteiger partial charge in [0.25, 0.3) is 0 Å². The van der Waals surface area contributed by atoms with Crippen molar-refractivity contribution in [2.45, 2.75) is 52.0 Å². The Balaban J connectivity index is 2.39. The fourth-order valence-corrected chi connectivity index (χ4v) is 2.25. The monoisotopic (exact) mass is 263 g/mol. The fourth-order valence-electron chi connectivity index (χ4n) is 2.25. The minimum atomic E-state index is 0.681. The maximum absolute atomic E-state index is 5.68. The van der Waals surface area contributed by atoms with E-state index < -0.39 is 0 Å². The third kappa shape index (κ3) is 6.11. The Morgan fingerprint density at radius 1 is 1.11 bits per heavy atom. The first-order valence-electron chi connectivity index (χ1n) is 7.55. The highest BCUT2D eigenvalue weighted by molar-refractivity contribution is 5.27. The molecule has 1 unspecified atom stereocenters. The third-order valence-corrected chi connectivity index (χ3v) is 3.66. The second-order valence-electron chi connectivity index (χ2n) is 5.41. The first-order valence-corrected chi connectivity index (χ1v) is 7.55. The highest BCUT2D eigenvalue weighted by Gasteiger charge is 2.08. The van der Waals surface area contributed by atoms with E-state index in [0.29, 0.717) is 6.04 Å². The van der Waals surface area contributed by atoms with Gasteiger partial charge in [0.2, 0.25) is 0 Å². The molecule has 0 saturated heterocycles. The number of hydrogen-bond acceptors (Lipinski definition) is 2. The molecule has 1 rings (SSSR count). The molecule has 0 aromatic heterocycles. The van der Waals surface area contributed by atoms with E-state index in [9.17, 15) is 0 Å². The van der Waals surface area contributed by atoms with Crippen molar-refractivity contribution in [3.05, 3.63) is 29.8 Å². The fraction of sp³-hybridized carbons (Fsp3) is 0.647. The molecule has 0 fully saturated rings. The normalized spacial score (nSPS) is 12.7. The maximum Gasteiger partial charge on any atom is 0.119 e. The predicted molar refractivity (Wildman–Crippen MR) is 82.9 cm³/mol. The SMILES string of the molecule is CCCCOc1ccc(CCC(CC)N(C)C)cc1. The van der Waals surface area contributed by atoms with E-state index in [4.69, 9.17) is 4.74 Å². The molecule has 2 heteroatoms. The smallest absolute Gasteiger partial charge is 0.119 e. The quantitative estimate of drug-likeness (QED) is 0.621. The zero-order chi connectivity index (χ0) is 14.1.